The molecule has 1 N–H and O–H groups in total. The fourth-order valence-electron chi connectivity index (χ4n) is 1.86. The average molecular weight is 323 g/mol. The van der Waals surface area contributed by atoms with Gasteiger partial charge in [-0.15, -0.1) is 0 Å². The molecule has 0 amide bonds. The molecule has 2 aromatic rings. The van der Waals surface area contributed by atoms with Crippen LogP contribution in [0.15, 0.2) is 28.7 Å². The van der Waals surface area contributed by atoms with Gasteiger partial charge < -0.3 is 4.98 Å². The van der Waals surface area contributed by atoms with E-state index in [2.05, 4.69) is 45.0 Å². The van der Waals surface area contributed by atoms with Crippen molar-refractivity contribution in [1.29, 1.82) is 0 Å². The molecule has 0 aliphatic carbocycles. The molecule has 1 aromatic heterocycles. The van der Waals surface area contributed by atoms with Crippen molar-refractivity contribution in [3.63, 3.8) is 0 Å². The molecule has 0 saturated carbocycles. The van der Waals surface area contributed by atoms with Gasteiger partial charge in [0.1, 0.15) is 10.5 Å². The number of rotatable bonds is 3. The van der Waals surface area contributed by atoms with Gasteiger partial charge in [-0.1, -0.05) is 47.2 Å². The van der Waals surface area contributed by atoms with Crippen LogP contribution in [0.5, 0.6) is 0 Å². The van der Waals surface area contributed by atoms with Crippen LogP contribution in [0.2, 0.25) is 0 Å². The van der Waals surface area contributed by atoms with Crippen molar-refractivity contribution in [1.82, 2.24) is 9.97 Å². The number of nitrogens with one attached hydrogen (secondary N) is 1. The highest BCUT2D eigenvalue weighted by atomic mass is 79.9. The van der Waals surface area contributed by atoms with Gasteiger partial charge in [0.2, 0.25) is 0 Å². The highest BCUT2D eigenvalue weighted by Crippen LogP contribution is 2.14. The quantitative estimate of drug-likeness (QED) is 0.850. The lowest BCUT2D eigenvalue weighted by Gasteiger charge is -2.08. The monoisotopic (exact) mass is 322 g/mol. The Bertz CT molecular complexity index is 602. The van der Waals surface area contributed by atoms with E-state index in [4.69, 9.17) is 12.2 Å². The van der Waals surface area contributed by atoms with Crippen LogP contribution in [0.4, 0.5) is 0 Å². The Morgan fingerprint density at radius 2 is 1.94 bits per heavy atom. The maximum atomic E-state index is 5.29. The summed E-state index contributed by atoms with van der Waals surface area (Å²) in [5, 5.41) is 0. The third-order valence-electron chi connectivity index (χ3n) is 2.94. The van der Waals surface area contributed by atoms with Gasteiger partial charge >= 0.3 is 0 Å². The van der Waals surface area contributed by atoms with Gasteiger partial charge in [-0.2, -0.15) is 0 Å². The Labute approximate surface area is 121 Å². The molecule has 18 heavy (non-hydrogen) atoms. The standard InChI is InChI=1S/C14H15BrN2S/c1-3-12-9(2)14(18)17-13(16-12)8-10-4-6-11(15)7-5-10/h4-7H,3,8H2,1-2H3,(H,16,17,18). The van der Waals surface area contributed by atoms with Crippen molar-refractivity contribution in [2.45, 2.75) is 26.7 Å². The first-order valence-corrected chi connectivity index (χ1v) is 7.13. The number of hydrogen-bond donors (Lipinski definition) is 1. The molecular weight excluding hydrogens is 308 g/mol. The number of H-pyrrole nitrogens is 1. The lowest BCUT2D eigenvalue weighted by molar-refractivity contribution is 0.881. The Morgan fingerprint density at radius 3 is 2.56 bits per heavy atom. The van der Waals surface area contributed by atoms with Crippen LogP contribution < -0.4 is 0 Å². The third kappa shape index (κ3) is 3.06. The summed E-state index contributed by atoms with van der Waals surface area (Å²) in [6, 6.07) is 8.26. The van der Waals surface area contributed by atoms with E-state index in [1.807, 2.05) is 19.1 Å². The Morgan fingerprint density at radius 1 is 1.28 bits per heavy atom. The maximum absolute atomic E-state index is 5.29. The van der Waals surface area contributed by atoms with Gasteiger partial charge in [0.15, 0.2) is 0 Å². The van der Waals surface area contributed by atoms with Crippen molar-refractivity contribution in [3.8, 4) is 0 Å². The van der Waals surface area contributed by atoms with Crippen molar-refractivity contribution in [2.75, 3.05) is 0 Å². The van der Waals surface area contributed by atoms with E-state index in [-0.39, 0.29) is 0 Å². The Kier molecular flexibility index (Phi) is 4.30. The van der Waals surface area contributed by atoms with Crippen LogP contribution in [-0.2, 0) is 12.8 Å². The van der Waals surface area contributed by atoms with Crippen LogP contribution in [0.25, 0.3) is 0 Å². The van der Waals surface area contributed by atoms with Crippen molar-refractivity contribution in [3.05, 3.63) is 56.0 Å². The second-order valence-corrected chi connectivity index (χ2v) is 5.55. The number of benzene rings is 1. The molecule has 1 aromatic carbocycles. The molecule has 94 valence electrons. The van der Waals surface area contributed by atoms with E-state index >= 15 is 0 Å². The summed E-state index contributed by atoms with van der Waals surface area (Å²) in [7, 11) is 0. The third-order valence-corrected chi connectivity index (χ3v) is 3.87. The molecule has 0 fully saturated rings. The van der Waals surface area contributed by atoms with Crippen LogP contribution in [0, 0.1) is 11.6 Å². The number of hydrogen-bond acceptors (Lipinski definition) is 2. The van der Waals surface area contributed by atoms with Crippen LogP contribution in [0.1, 0.15) is 29.6 Å². The molecule has 1 heterocycles. The minimum absolute atomic E-state index is 0.706. The number of aromatic amines is 1. The summed E-state index contributed by atoms with van der Waals surface area (Å²) in [6.45, 7) is 4.14. The highest BCUT2D eigenvalue weighted by molar-refractivity contribution is 9.10. The van der Waals surface area contributed by atoms with Gasteiger partial charge in [0, 0.05) is 22.2 Å². The summed E-state index contributed by atoms with van der Waals surface area (Å²) in [5.41, 5.74) is 3.50. The molecule has 0 spiro atoms. The first-order valence-electron chi connectivity index (χ1n) is 5.93. The Hall–Kier alpha value is -1.00. The summed E-state index contributed by atoms with van der Waals surface area (Å²) >= 11 is 8.73. The van der Waals surface area contributed by atoms with Crippen LogP contribution >= 0.6 is 28.1 Å². The number of nitrogens with zero attached hydrogens (tertiary/aromatic N) is 1. The van der Waals surface area contributed by atoms with E-state index < -0.39 is 0 Å². The van der Waals surface area contributed by atoms with Crippen molar-refractivity contribution in [2.24, 2.45) is 0 Å². The van der Waals surface area contributed by atoms with Gasteiger partial charge in [-0.3, -0.25) is 0 Å². The van der Waals surface area contributed by atoms with Crippen LogP contribution in [-0.4, -0.2) is 9.97 Å². The van der Waals surface area contributed by atoms with E-state index in [0.29, 0.717) is 4.64 Å². The molecule has 2 nitrogen and oxygen atoms in total. The first kappa shape index (κ1) is 13.4. The van der Waals surface area contributed by atoms with Gasteiger partial charge in [0.05, 0.1) is 0 Å². The molecule has 0 radical (unpaired) electrons. The SMILES string of the molecule is CCc1[nH]c(Cc2ccc(Br)cc2)nc(=S)c1C. The van der Waals surface area contributed by atoms with Gasteiger partial charge in [-0.25, -0.2) is 4.98 Å². The van der Waals surface area contributed by atoms with Gasteiger partial charge in [0.25, 0.3) is 0 Å². The second-order valence-electron chi connectivity index (χ2n) is 4.25. The molecular formula is C14H15BrN2S. The minimum atomic E-state index is 0.706. The molecule has 0 unspecified atom stereocenters. The molecule has 0 aliphatic heterocycles. The minimum Gasteiger partial charge on any atom is -0.347 e. The van der Waals surface area contributed by atoms with E-state index in [0.717, 1.165) is 28.7 Å². The summed E-state index contributed by atoms with van der Waals surface area (Å²) in [6.07, 6.45) is 1.73. The van der Waals surface area contributed by atoms with Crippen LogP contribution in [0.3, 0.4) is 0 Å². The number of aromatic nitrogens is 2. The maximum Gasteiger partial charge on any atom is 0.132 e. The lowest BCUT2D eigenvalue weighted by atomic mass is 10.1. The van der Waals surface area contributed by atoms with Gasteiger partial charge in [-0.05, 0) is 31.0 Å². The normalized spacial score (nSPS) is 10.6. The van der Waals surface area contributed by atoms with Crippen molar-refractivity contribution < 1.29 is 0 Å². The molecule has 0 atom stereocenters. The Balaban J connectivity index is 2.32. The molecule has 0 bridgehead atoms. The van der Waals surface area contributed by atoms with Crippen molar-refractivity contribution >= 4 is 28.1 Å². The fourth-order valence-corrected chi connectivity index (χ4v) is 2.36. The van der Waals surface area contributed by atoms with E-state index in [1.54, 1.807) is 0 Å². The largest absolute Gasteiger partial charge is 0.347 e. The molecule has 2 rings (SSSR count). The summed E-state index contributed by atoms with van der Waals surface area (Å²) < 4.78 is 1.79. The zero-order valence-electron chi connectivity index (χ0n) is 10.5. The lowest BCUT2D eigenvalue weighted by Crippen LogP contribution is -2.03. The first-order chi connectivity index (χ1) is 8.60. The zero-order valence-corrected chi connectivity index (χ0v) is 12.9. The average Bonchev–Trinajstić information content (AvgIpc) is 2.36. The molecule has 4 heteroatoms. The number of aryl methyl sites for hydroxylation is 1. The van der Waals surface area contributed by atoms with E-state index in [1.165, 1.54) is 11.3 Å². The summed E-state index contributed by atoms with van der Waals surface area (Å²) in [5.74, 6) is 0.935. The fraction of sp³-hybridized carbons (Fsp3) is 0.286. The highest BCUT2D eigenvalue weighted by Gasteiger charge is 2.04. The topological polar surface area (TPSA) is 28.7 Å². The second kappa shape index (κ2) is 5.76. The molecule has 0 saturated heterocycles. The zero-order chi connectivity index (χ0) is 13.1. The molecule has 0 aliphatic rings. The smallest absolute Gasteiger partial charge is 0.132 e. The summed E-state index contributed by atoms with van der Waals surface area (Å²) in [4.78, 5) is 7.82. The predicted octanol–water partition coefficient (Wildman–Crippen LogP) is 4.36. The predicted molar refractivity (Wildman–Crippen MR) is 80.5 cm³/mol. The van der Waals surface area contributed by atoms with E-state index in [9.17, 15) is 0 Å². The number of halogens is 1.